The van der Waals surface area contributed by atoms with Gasteiger partial charge < -0.3 is 114 Å². The molecule has 3 aliphatic rings. The van der Waals surface area contributed by atoms with Crippen LogP contribution in [0.15, 0.2) is 89.4 Å². The molecular weight excluding hydrogens is 1020 g/mol. The summed E-state index contributed by atoms with van der Waals surface area (Å²) >= 11 is 0. The third kappa shape index (κ3) is 11.9. The molecule has 8 rings (SSSR count). The summed E-state index contributed by atoms with van der Waals surface area (Å²) in [6.45, 7) is -2.38. The number of benzene rings is 4. The molecule has 4 aromatic carbocycles. The monoisotopic (exact) mass is 1070 g/mol. The van der Waals surface area contributed by atoms with Crippen LogP contribution in [0.5, 0.6) is 46.0 Å². The number of hydrogen-bond donors (Lipinski definition) is 14. The molecule has 3 aliphatic heterocycles. The van der Waals surface area contributed by atoms with E-state index in [1.807, 2.05) is 0 Å². The third-order valence-corrected chi connectivity index (χ3v) is 12.5. The second-order valence-corrected chi connectivity index (χ2v) is 17.6. The lowest BCUT2D eigenvalue weighted by Gasteiger charge is -2.45. The molecule has 4 heterocycles. The Bertz CT molecular complexity index is 2880. The number of esters is 2. The van der Waals surface area contributed by atoms with Crippen LogP contribution < -0.4 is 14.2 Å². The van der Waals surface area contributed by atoms with Gasteiger partial charge in [0.25, 0.3) is 0 Å². The van der Waals surface area contributed by atoms with Crippen LogP contribution >= 0.6 is 0 Å². The molecule has 0 spiro atoms. The van der Waals surface area contributed by atoms with Gasteiger partial charge in [-0.15, -0.1) is 0 Å². The van der Waals surface area contributed by atoms with Gasteiger partial charge in [-0.3, -0.25) is 0 Å². The highest BCUT2D eigenvalue weighted by Gasteiger charge is 2.53. The van der Waals surface area contributed by atoms with E-state index in [2.05, 4.69) is 0 Å². The zero-order chi connectivity index (χ0) is 54.7. The van der Waals surface area contributed by atoms with Crippen LogP contribution in [0, 0.1) is 0 Å². The molecule has 14 N–H and O–H groups in total. The summed E-state index contributed by atoms with van der Waals surface area (Å²) in [7, 11) is 1.25. The SMILES string of the molecule is COc1cc(-c2[o+]c3cc(O)cc(O[C@@H]4O[C@H](CO)[C@@H](O)[C@H](O)[C@H]4O)c3cc2O[C@@H]2O[C@H](COC(=O)c3ccc(O)cc3)[C@@H](O)[C@H](O)[C@H]2O[C@@H]2O[C@H](COC(=O)C=Cc3ccc(O)c(O)c3)[C@@H](O)[C@H](O)[C@H]2O)ccc1O. The number of ether oxygens (including phenoxy) is 9. The van der Waals surface area contributed by atoms with Crippen LogP contribution in [0.25, 0.3) is 28.4 Å². The Morgan fingerprint density at radius 2 is 1.20 bits per heavy atom. The minimum absolute atomic E-state index is 0.0322. The summed E-state index contributed by atoms with van der Waals surface area (Å²) in [6, 6.07) is 15.9. The van der Waals surface area contributed by atoms with Gasteiger partial charge in [0.15, 0.2) is 35.4 Å². The first-order valence-electron chi connectivity index (χ1n) is 23.1. The van der Waals surface area contributed by atoms with Crippen LogP contribution in [0.2, 0.25) is 0 Å². The molecule has 408 valence electrons. The Kier molecular flexibility index (Phi) is 17.0. The predicted molar refractivity (Wildman–Crippen MR) is 251 cm³/mol. The highest BCUT2D eigenvalue weighted by atomic mass is 16.8. The lowest BCUT2D eigenvalue weighted by molar-refractivity contribution is -0.357. The van der Waals surface area contributed by atoms with Crippen molar-refractivity contribution in [1.29, 1.82) is 0 Å². The van der Waals surface area contributed by atoms with Gasteiger partial charge in [-0.05, 0) is 60.2 Å². The molecule has 0 aliphatic carbocycles. The maximum atomic E-state index is 13.1. The molecule has 0 radical (unpaired) electrons. The number of carbonyl (C=O) groups is 2. The van der Waals surface area contributed by atoms with Gasteiger partial charge in [0.1, 0.15) is 103 Å². The molecule has 76 heavy (non-hydrogen) atoms. The van der Waals surface area contributed by atoms with E-state index in [1.54, 1.807) is 0 Å². The first-order valence-corrected chi connectivity index (χ1v) is 23.1. The average molecular weight is 1070 g/mol. The van der Waals surface area contributed by atoms with Crippen LogP contribution in [0.1, 0.15) is 15.9 Å². The number of aliphatic hydroxyl groups excluding tert-OH is 9. The summed E-state index contributed by atoms with van der Waals surface area (Å²) in [6.07, 6.45) is -26.4. The molecule has 1 aromatic heterocycles. The minimum atomic E-state index is -2.15. The lowest BCUT2D eigenvalue weighted by Crippen LogP contribution is -2.65. The van der Waals surface area contributed by atoms with E-state index in [-0.39, 0.29) is 62.2 Å². The first-order chi connectivity index (χ1) is 36.2. The van der Waals surface area contributed by atoms with E-state index in [9.17, 15) is 81.1 Å². The van der Waals surface area contributed by atoms with E-state index in [0.29, 0.717) is 0 Å². The predicted octanol–water partition coefficient (Wildman–Crippen LogP) is -0.772. The quantitative estimate of drug-likeness (QED) is 0.0250. The van der Waals surface area contributed by atoms with E-state index < -0.39 is 141 Å². The summed E-state index contributed by atoms with van der Waals surface area (Å²) < 4.78 is 58.1. The van der Waals surface area contributed by atoms with Crippen molar-refractivity contribution in [3.8, 4) is 57.3 Å². The van der Waals surface area contributed by atoms with Crippen molar-refractivity contribution < 1.29 is 128 Å². The van der Waals surface area contributed by atoms with Crippen molar-refractivity contribution in [2.24, 2.45) is 0 Å². The smallest absolute Gasteiger partial charge is 0.402 e. The largest absolute Gasteiger partial charge is 0.508 e. The van der Waals surface area contributed by atoms with E-state index in [1.165, 1.54) is 73.8 Å². The molecular formula is C50H53O26+. The fourth-order valence-corrected chi connectivity index (χ4v) is 8.25. The molecule has 0 unspecified atom stereocenters. The zero-order valence-corrected chi connectivity index (χ0v) is 39.6. The number of methoxy groups -OCH3 is 1. The van der Waals surface area contributed by atoms with Gasteiger partial charge in [-0.1, -0.05) is 6.07 Å². The molecule has 26 nitrogen and oxygen atoms in total. The van der Waals surface area contributed by atoms with Gasteiger partial charge >= 0.3 is 23.3 Å². The van der Waals surface area contributed by atoms with E-state index in [0.717, 1.165) is 24.3 Å². The summed E-state index contributed by atoms with van der Waals surface area (Å²) in [5.74, 6) is -4.84. The van der Waals surface area contributed by atoms with Crippen molar-refractivity contribution in [2.75, 3.05) is 26.9 Å². The number of phenolic OH excluding ortho intramolecular Hbond substituents is 5. The van der Waals surface area contributed by atoms with E-state index >= 15 is 0 Å². The molecule has 0 saturated carbocycles. The van der Waals surface area contributed by atoms with Crippen LogP contribution in [-0.4, -0.2) is 202 Å². The molecule has 3 saturated heterocycles. The topological polar surface area (TPSA) is 412 Å². The Labute approximate surface area is 428 Å². The number of fused-ring (bicyclic) bond motifs is 1. The van der Waals surface area contributed by atoms with Crippen LogP contribution in [-0.2, 0) is 33.2 Å². The van der Waals surface area contributed by atoms with Gasteiger partial charge in [-0.25, -0.2) is 14.0 Å². The van der Waals surface area contributed by atoms with E-state index in [4.69, 9.17) is 47.0 Å². The number of carbonyl (C=O) groups excluding carboxylic acids is 2. The third-order valence-electron chi connectivity index (χ3n) is 12.5. The second kappa shape index (κ2) is 23.4. The van der Waals surface area contributed by atoms with Crippen LogP contribution in [0.3, 0.4) is 0 Å². The maximum absolute atomic E-state index is 13.1. The molecule has 5 aromatic rings. The minimum Gasteiger partial charge on any atom is -0.508 e. The van der Waals surface area contributed by atoms with Crippen molar-refractivity contribution in [1.82, 2.24) is 0 Å². The number of phenols is 5. The highest BCUT2D eigenvalue weighted by Crippen LogP contribution is 2.44. The lowest BCUT2D eigenvalue weighted by atomic mass is 9.97. The fraction of sp³-hybridized carbons (Fsp3) is 0.380. The molecule has 26 heteroatoms. The Hall–Kier alpha value is -7.15. The maximum Gasteiger partial charge on any atom is 0.402 e. The molecule has 0 amide bonds. The van der Waals surface area contributed by atoms with Gasteiger partial charge in [0, 0.05) is 24.3 Å². The van der Waals surface area contributed by atoms with Gasteiger partial charge in [-0.2, -0.15) is 0 Å². The second-order valence-electron chi connectivity index (χ2n) is 17.6. The normalized spacial score (nSPS) is 29.7. The number of hydrogen-bond acceptors (Lipinski definition) is 25. The summed E-state index contributed by atoms with van der Waals surface area (Å²) in [5.41, 5.74) is 0.173. The molecule has 15 atom stereocenters. The highest BCUT2D eigenvalue weighted by molar-refractivity contribution is 5.90. The van der Waals surface area contributed by atoms with Gasteiger partial charge in [0.2, 0.25) is 18.3 Å². The fourth-order valence-electron chi connectivity index (χ4n) is 8.25. The zero-order valence-electron chi connectivity index (χ0n) is 39.6. The number of aliphatic hydroxyl groups is 9. The van der Waals surface area contributed by atoms with Gasteiger partial charge in [0.05, 0.1) is 30.9 Å². The molecule has 0 bridgehead atoms. The Morgan fingerprint density at radius 3 is 1.88 bits per heavy atom. The standard InChI is InChI=1S/C50H52O26/c1-67-31-13-22(6-10-27(31)55)45-32(16-25-29(70-45)14-24(53)15-30(25)71-48-43(64)40(61)37(58)33(17-51)73-48)72-50-46(42(63)39(60)35(75-50)19-69-47(66)21-4-7-23(52)8-5-21)76-49-44(65)41(62)38(59)34(74-49)18-68-36(57)11-3-20-2-9-26(54)28(56)12-20/h2-16,33-35,37-44,46,48-51,58-65H,17-19H2,1H3,(H4-,52,53,54,55,56,57,66)/p+1/t33-,34-,35-,37-,38-,39-,40+,41+,42+,43-,44-,46-,48-,49+,50-/m1/s1. The summed E-state index contributed by atoms with van der Waals surface area (Å²) in [4.78, 5) is 25.8. The first kappa shape index (κ1) is 55.1. The average Bonchev–Trinajstić information content (AvgIpc) is 3.40. The van der Waals surface area contributed by atoms with Crippen LogP contribution in [0.4, 0.5) is 0 Å². The number of rotatable bonds is 16. The van der Waals surface area contributed by atoms with Crippen molar-refractivity contribution in [2.45, 2.75) is 92.1 Å². The summed E-state index contributed by atoms with van der Waals surface area (Å²) in [5, 5.41) is 148. The Morgan fingerprint density at radius 1 is 0.579 bits per heavy atom. The van der Waals surface area contributed by atoms with Crippen molar-refractivity contribution in [3.63, 3.8) is 0 Å². The van der Waals surface area contributed by atoms with Crippen molar-refractivity contribution in [3.05, 3.63) is 96.1 Å². The molecule has 3 fully saturated rings. The van der Waals surface area contributed by atoms with Crippen molar-refractivity contribution >= 4 is 29.0 Å². The number of aromatic hydroxyl groups is 5. The Balaban J connectivity index is 1.15.